The summed E-state index contributed by atoms with van der Waals surface area (Å²) in [6.45, 7) is 1.80. The Hall–Kier alpha value is -2.95. The zero-order valence-corrected chi connectivity index (χ0v) is 18.2. The van der Waals surface area contributed by atoms with Gasteiger partial charge in [-0.05, 0) is 56.4 Å². The molecule has 0 unspecified atom stereocenters. The molecule has 0 saturated carbocycles. The van der Waals surface area contributed by atoms with Crippen molar-refractivity contribution >= 4 is 32.5 Å². The Morgan fingerprint density at radius 3 is 2.66 bits per heavy atom. The quantitative estimate of drug-likeness (QED) is 0.647. The molecule has 7 nitrogen and oxygen atoms in total. The molecule has 1 fully saturated rings. The average Bonchev–Trinajstić information content (AvgIpc) is 2.99. The van der Waals surface area contributed by atoms with Crippen molar-refractivity contribution in [3.63, 3.8) is 0 Å². The van der Waals surface area contributed by atoms with Crippen molar-refractivity contribution in [2.45, 2.75) is 11.3 Å². The van der Waals surface area contributed by atoms with Crippen molar-refractivity contribution in [2.75, 3.05) is 38.5 Å². The maximum absolute atomic E-state index is 14.5. The Labute approximate surface area is 184 Å². The Bertz CT molecular complexity index is 1280. The molecule has 0 aliphatic carbocycles. The van der Waals surface area contributed by atoms with E-state index in [9.17, 15) is 22.0 Å². The van der Waals surface area contributed by atoms with Gasteiger partial charge >= 0.3 is 0 Å². The third kappa shape index (κ3) is 4.47. The van der Waals surface area contributed by atoms with E-state index in [0.717, 1.165) is 18.7 Å². The fraction of sp³-hybridized carbons (Fsp3) is 0.273. The zero-order valence-electron chi connectivity index (χ0n) is 17.4. The van der Waals surface area contributed by atoms with Crippen LogP contribution in [0.25, 0.3) is 10.9 Å². The van der Waals surface area contributed by atoms with Gasteiger partial charge in [-0.1, -0.05) is 6.07 Å². The third-order valence-electron chi connectivity index (χ3n) is 5.42. The smallest absolute Gasteiger partial charge is 0.258 e. The minimum Gasteiger partial charge on any atom is -0.322 e. The number of hydrogen-bond donors (Lipinski definition) is 1. The van der Waals surface area contributed by atoms with E-state index in [4.69, 9.17) is 0 Å². The van der Waals surface area contributed by atoms with Crippen molar-refractivity contribution in [3.8, 4) is 0 Å². The summed E-state index contributed by atoms with van der Waals surface area (Å²) in [5.74, 6) is -2.45. The number of pyridine rings is 1. The summed E-state index contributed by atoms with van der Waals surface area (Å²) < 4.78 is 56.3. The van der Waals surface area contributed by atoms with Gasteiger partial charge in [-0.3, -0.25) is 9.78 Å². The minimum absolute atomic E-state index is 0.0439. The number of hydrogen-bond acceptors (Lipinski definition) is 5. The predicted molar refractivity (Wildman–Crippen MR) is 117 cm³/mol. The molecule has 1 N–H and O–H groups in total. The average molecular weight is 461 g/mol. The number of rotatable bonds is 4. The van der Waals surface area contributed by atoms with Crippen LogP contribution in [0.3, 0.4) is 0 Å². The van der Waals surface area contributed by atoms with Crippen LogP contribution in [0, 0.1) is 11.6 Å². The van der Waals surface area contributed by atoms with Gasteiger partial charge in [-0.25, -0.2) is 17.2 Å². The summed E-state index contributed by atoms with van der Waals surface area (Å²) in [6, 6.07) is 9.12. The van der Waals surface area contributed by atoms with Crippen LogP contribution in [-0.2, 0) is 10.0 Å². The van der Waals surface area contributed by atoms with E-state index in [1.165, 1.54) is 28.7 Å². The number of nitrogens with zero attached hydrogens (tertiary/aromatic N) is 3. The summed E-state index contributed by atoms with van der Waals surface area (Å²) in [7, 11) is -2.21. The number of sulfonamides is 1. The number of amides is 1. The Morgan fingerprint density at radius 2 is 1.84 bits per heavy atom. The van der Waals surface area contributed by atoms with E-state index >= 15 is 0 Å². The largest absolute Gasteiger partial charge is 0.322 e. The molecule has 0 bridgehead atoms. The van der Waals surface area contributed by atoms with Crippen molar-refractivity contribution in [2.24, 2.45) is 0 Å². The van der Waals surface area contributed by atoms with E-state index < -0.39 is 32.5 Å². The van der Waals surface area contributed by atoms with Crippen molar-refractivity contribution < 1.29 is 22.0 Å². The van der Waals surface area contributed by atoms with Gasteiger partial charge in [0.15, 0.2) is 0 Å². The van der Waals surface area contributed by atoms with Gasteiger partial charge in [0, 0.05) is 36.9 Å². The second kappa shape index (κ2) is 8.89. The van der Waals surface area contributed by atoms with Crippen LogP contribution in [-0.4, -0.2) is 61.7 Å². The topological polar surface area (TPSA) is 82.6 Å². The molecular weight excluding hydrogens is 438 g/mol. The Morgan fingerprint density at radius 1 is 1.03 bits per heavy atom. The summed E-state index contributed by atoms with van der Waals surface area (Å²) in [6.07, 6.45) is 2.16. The lowest BCUT2D eigenvalue weighted by Crippen LogP contribution is -2.35. The molecular formula is C22H22F2N4O3S. The number of fused-ring (bicyclic) bond motifs is 1. The van der Waals surface area contributed by atoms with Crippen molar-refractivity contribution in [3.05, 3.63) is 65.9 Å². The fourth-order valence-corrected chi connectivity index (χ4v) is 5.21. The molecule has 0 spiro atoms. The fourth-order valence-electron chi connectivity index (χ4n) is 3.65. The predicted octanol–water partition coefficient (Wildman–Crippen LogP) is 3.09. The summed E-state index contributed by atoms with van der Waals surface area (Å²) in [4.78, 5) is 18.3. The molecule has 2 heterocycles. The van der Waals surface area contributed by atoms with Gasteiger partial charge in [-0.2, -0.15) is 4.31 Å². The second-order valence-electron chi connectivity index (χ2n) is 7.69. The number of benzene rings is 2. The molecule has 0 atom stereocenters. The first-order valence-corrected chi connectivity index (χ1v) is 11.5. The summed E-state index contributed by atoms with van der Waals surface area (Å²) >= 11 is 0. The maximum Gasteiger partial charge on any atom is 0.258 e. The lowest BCUT2D eigenvalue weighted by atomic mass is 10.1. The number of carbonyl (C=O) groups is 1. The third-order valence-corrected chi connectivity index (χ3v) is 7.34. The van der Waals surface area contributed by atoms with Crippen LogP contribution in [0.1, 0.15) is 16.8 Å². The van der Waals surface area contributed by atoms with E-state index in [1.807, 2.05) is 11.9 Å². The van der Waals surface area contributed by atoms with Crippen LogP contribution in [0.5, 0.6) is 0 Å². The van der Waals surface area contributed by atoms with Gasteiger partial charge < -0.3 is 10.2 Å². The first-order chi connectivity index (χ1) is 15.3. The first-order valence-electron chi connectivity index (χ1n) is 10.1. The standard InChI is InChI=1S/C22H22F2N4O3S/c1-27-8-3-9-28(11-10-27)32(30,31)21-13-16(5-6-18(21)23)26-22(29)17-14-20-15(12-19(17)24)4-2-7-25-20/h2,4-7,12-14H,3,8-11H2,1H3,(H,26,29). The highest BCUT2D eigenvalue weighted by Gasteiger charge is 2.29. The Kier molecular flexibility index (Phi) is 6.18. The highest BCUT2D eigenvalue weighted by molar-refractivity contribution is 7.89. The molecule has 1 aliphatic rings. The highest BCUT2D eigenvalue weighted by Crippen LogP contribution is 2.25. The van der Waals surface area contributed by atoms with Crippen LogP contribution in [0.2, 0.25) is 0 Å². The lowest BCUT2D eigenvalue weighted by molar-refractivity contribution is 0.102. The van der Waals surface area contributed by atoms with Crippen LogP contribution in [0.15, 0.2) is 53.6 Å². The molecule has 1 aromatic heterocycles. The molecule has 2 aromatic carbocycles. The molecule has 3 aromatic rings. The number of halogens is 2. The molecule has 168 valence electrons. The van der Waals surface area contributed by atoms with E-state index in [0.29, 0.717) is 23.9 Å². The van der Waals surface area contributed by atoms with E-state index in [2.05, 4.69) is 10.3 Å². The zero-order chi connectivity index (χ0) is 22.9. The highest BCUT2D eigenvalue weighted by atomic mass is 32.2. The van der Waals surface area contributed by atoms with Crippen LogP contribution in [0.4, 0.5) is 14.5 Å². The van der Waals surface area contributed by atoms with Gasteiger partial charge in [0.1, 0.15) is 16.5 Å². The number of nitrogens with one attached hydrogen (secondary N) is 1. The van der Waals surface area contributed by atoms with E-state index in [1.54, 1.807) is 12.1 Å². The van der Waals surface area contributed by atoms with E-state index in [-0.39, 0.29) is 24.3 Å². The SMILES string of the molecule is CN1CCCN(S(=O)(=O)c2cc(NC(=O)c3cc4ncccc4cc3F)ccc2F)CC1. The normalized spacial score (nSPS) is 16.1. The molecule has 4 rings (SSSR count). The molecule has 32 heavy (non-hydrogen) atoms. The summed E-state index contributed by atoms with van der Waals surface area (Å²) in [5.41, 5.74) is 0.232. The van der Waals surface area contributed by atoms with Crippen LogP contribution >= 0.6 is 0 Å². The van der Waals surface area contributed by atoms with Gasteiger partial charge in [0.2, 0.25) is 10.0 Å². The Balaban J connectivity index is 1.61. The van der Waals surface area contributed by atoms with Crippen LogP contribution < -0.4 is 5.32 Å². The number of carbonyl (C=O) groups excluding carboxylic acids is 1. The van der Waals surface area contributed by atoms with Gasteiger partial charge in [0.05, 0.1) is 11.1 Å². The minimum atomic E-state index is -4.10. The molecule has 1 amide bonds. The van der Waals surface area contributed by atoms with Gasteiger partial charge in [0.25, 0.3) is 5.91 Å². The molecule has 1 aliphatic heterocycles. The monoisotopic (exact) mass is 460 g/mol. The number of likely N-dealkylation sites (N-methyl/N-ethyl adjacent to an activating group) is 1. The van der Waals surface area contributed by atoms with Crippen molar-refractivity contribution in [1.82, 2.24) is 14.2 Å². The lowest BCUT2D eigenvalue weighted by Gasteiger charge is -2.21. The number of aromatic nitrogens is 1. The number of anilines is 1. The second-order valence-corrected chi connectivity index (χ2v) is 9.59. The first kappa shape index (κ1) is 22.3. The molecule has 10 heteroatoms. The maximum atomic E-state index is 14.5. The molecule has 0 radical (unpaired) electrons. The van der Waals surface area contributed by atoms with Gasteiger partial charge in [-0.15, -0.1) is 0 Å². The van der Waals surface area contributed by atoms with Crippen molar-refractivity contribution in [1.29, 1.82) is 0 Å². The molecule has 1 saturated heterocycles. The summed E-state index contributed by atoms with van der Waals surface area (Å²) in [5, 5.41) is 3.00.